The molecular weight excluding hydrogens is 232 g/mol. The van der Waals surface area contributed by atoms with Crippen molar-refractivity contribution >= 4 is 23.5 Å². The van der Waals surface area contributed by atoms with Gasteiger partial charge in [-0.25, -0.2) is 0 Å². The maximum atomic E-state index is 11.3. The lowest BCUT2D eigenvalue weighted by molar-refractivity contribution is -0.120. The number of anilines is 1. The summed E-state index contributed by atoms with van der Waals surface area (Å²) in [7, 11) is 0. The zero-order valence-electron chi connectivity index (χ0n) is 8.70. The van der Waals surface area contributed by atoms with Crippen LogP contribution in [0.5, 0.6) is 0 Å². The number of halogens is 1. The summed E-state index contributed by atoms with van der Waals surface area (Å²) in [6, 6.07) is 0.702. The van der Waals surface area contributed by atoms with Crippen molar-refractivity contribution in [2.24, 2.45) is 0 Å². The molecule has 0 aliphatic heterocycles. The fraction of sp³-hybridized carbons (Fsp3) is 0.667. The van der Waals surface area contributed by atoms with Gasteiger partial charge in [0, 0.05) is 19.0 Å². The van der Waals surface area contributed by atoms with Crippen molar-refractivity contribution in [2.75, 3.05) is 11.9 Å². The van der Waals surface area contributed by atoms with Crippen LogP contribution in [0, 0.1) is 0 Å². The van der Waals surface area contributed by atoms with Gasteiger partial charge in [-0.05, 0) is 12.8 Å². The average molecular weight is 245 g/mol. The maximum Gasteiger partial charge on any atom is 0.315 e. The molecule has 2 rings (SSSR count). The predicted molar refractivity (Wildman–Crippen MR) is 58.1 cm³/mol. The Hall–Kier alpha value is -1.30. The Balaban J connectivity index is 1.64. The molecule has 1 heterocycles. The number of hydrogen-bond acceptors (Lipinski definition) is 5. The van der Waals surface area contributed by atoms with Crippen molar-refractivity contribution in [1.82, 2.24) is 15.5 Å². The predicted octanol–water partition coefficient (Wildman–Crippen LogP) is 0.889. The molecule has 6 nitrogen and oxygen atoms in total. The molecule has 7 heteroatoms. The molecule has 1 aliphatic rings. The minimum absolute atomic E-state index is 0.0482. The second-order valence-corrected chi connectivity index (χ2v) is 3.92. The molecule has 0 spiro atoms. The fourth-order valence-corrected chi connectivity index (χ4v) is 1.30. The molecule has 1 fully saturated rings. The Kier molecular flexibility index (Phi) is 3.61. The summed E-state index contributed by atoms with van der Waals surface area (Å²) < 4.78 is 5.11. The highest BCUT2D eigenvalue weighted by Crippen LogP contribution is 2.18. The Bertz CT molecular complexity index is 364. The highest BCUT2D eigenvalue weighted by molar-refractivity contribution is 6.16. The molecule has 0 atom stereocenters. The van der Waals surface area contributed by atoms with E-state index < -0.39 is 0 Å². The lowest BCUT2D eigenvalue weighted by Crippen LogP contribution is -2.27. The van der Waals surface area contributed by atoms with Gasteiger partial charge in [0.25, 0.3) is 0 Å². The standard InChI is InChI=1S/C9H13ClN4O2/c10-5-8-13-14-9(16-8)11-4-3-7(15)12-6-1-2-6/h6H,1-5H2,(H,11,14)(H,12,15). The van der Waals surface area contributed by atoms with E-state index in [1.54, 1.807) is 0 Å². The zero-order chi connectivity index (χ0) is 11.4. The highest BCUT2D eigenvalue weighted by Gasteiger charge is 2.22. The van der Waals surface area contributed by atoms with E-state index in [0.29, 0.717) is 30.9 Å². The Morgan fingerprint density at radius 3 is 2.94 bits per heavy atom. The third-order valence-corrected chi connectivity index (χ3v) is 2.38. The van der Waals surface area contributed by atoms with E-state index in [4.69, 9.17) is 16.0 Å². The van der Waals surface area contributed by atoms with Crippen molar-refractivity contribution in [1.29, 1.82) is 0 Å². The van der Waals surface area contributed by atoms with Gasteiger partial charge in [0.15, 0.2) is 0 Å². The summed E-state index contributed by atoms with van der Waals surface area (Å²) in [5.74, 6) is 0.607. The molecule has 2 N–H and O–H groups in total. The van der Waals surface area contributed by atoms with Crippen LogP contribution in [0.15, 0.2) is 4.42 Å². The number of aromatic nitrogens is 2. The van der Waals surface area contributed by atoms with E-state index in [1.165, 1.54) is 0 Å². The van der Waals surface area contributed by atoms with E-state index in [9.17, 15) is 4.79 Å². The van der Waals surface area contributed by atoms with E-state index in [0.717, 1.165) is 12.8 Å². The molecule has 1 saturated carbocycles. The highest BCUT2D eigenvalue weighted by atomic mass is 35.5. The first kappa shape index (κ1) is 11.2. The van der Waals surface area contributed by atoms with Crippen LogP contribution in [-0.4, -0.2) is 28.7 Å². The third-order valence-electron chi connectivity index (χ3n) is 2.15. The molecule has 0 unspecified atom stereocenters. The summed E-state index contributed by atoms with van der Waals surface area (Å²) in [6.07, 6.45) is 2.60. The van der Waals surface area contributed by atoms with Gasteiger partial charge < -0.3 is 15.1 Å². The van der Waals surface area contributed by atoms with Crippen LogP contribution < -0.4 is 10.6 Å². The number of hydrogen-bond donors (Lipinski definition) is 2. The van der Waals surface area contributed by atoms with Crippen LogP contribution in [0.4, 0.5) is 6.01 Å². The first-order chi connectivity index (χ1) is 7.78. The monoisotopic (exact) mass is 244 g/mol. The lowest BCUT2D eigenvalue weighted by Gasteiger charge is -2.02. The fourth-order valence-electron chi connectivity index (χ4n) is 1.19. The molecule has 16 heavy (non-hydrogen) atoms. The van der Waals surface area contributed by atoms with Crippen molar-refractivity contribution in [3.63, 3.8) is 0 Å². The summed E-state index contributed by atoms with van der Waals surface area (Å²) in [5, 5.41) is 13.1. The van der Waals surface area contributed by atoms with Gasteiger partial charge in [-0.2, -0.15) is 0 Å². The van der Waals surface area contributed by atoms with Gasteiger partial charge in [0.05, 0.1) is 0 Å². The van der Waals surface area contributed by atoms with Crippen LogP contribution in [0.1, 0.15) is 25.2 Å². The normalized spacial score (nSPS) is 14.8. The number of carbonyl (C=O) groups is 1. The van der Waals surface area contributed by atoms with Gasteiger partial charge >= 0.3 is 6.01 Å². The zero-order valence-corrected chi connectivity index (χ0v) is 9.46. The van der Waals surface area contributed by atoms with Crippen molar-refractivity contribution in [3.8, 4) is 0 Å². The second-order valence-electron chi connectivity index (χ2n) is 3.65. The van der Waals surface area contributed by atoms with Gasteiger partial charge in [-0.15, -0.1) is 16.7 Å². The molecule has 0 aromatic carbocycles. The number of rotatable bonds is 6. The van der Waals surface area contributed by atoms with Gasteiger partial charge in [0.1, 0.15) is 5.88 Å². The molecule has 1 amide bonds. The number of nitrogens with one attached hydrogen (secondary N) is 2. The van der Waals surface area contributed by atoms with Crippen molar-refractivity contribution in [3.05, 3.63) is 5.89 Å². The first-order valence-electron chi connectivity index (χ1n) is 5.19. The van der Waals surface area contributed by atoms with Crippen LogP contribution in [-0.2, 0) is 10.7 Å². The Labute approximate surface area is 97.7 Å². The molecular formula is C9H13ClN4O2. The Morgan fingerprint density at radius 1 is 1.50 bits per heavy atom. The second kappa shape index (κ2) is 5.16. The molecule has 1 aliphatic carbocycles. The minimum Gasteiger partial charge on any atom is -0.407 e. The molecule has 0 saturated heterocycles. The summed E-state index contributed by atoms with van der Waals surface area (Å²) in [5.41, 5.74) is 0. The van der Waals surface area contributed by atoms with Crippen LogP contribution in [0.25, 0.3) is 0 Å². The van der Waals surface area contributed by atoms with Crippen molar-refractivity contribution in [2.45, 2.75) is 31.2 Å². The quantitative estimate of drug-likeness (QED) is 0.727. The van der Waals surface area contributed by atoms with E-state index >= 15 is 0 Å². The maximum absolute atomic E-state index is 11.3. The number of alkyl halides is 1. The summed E-state index contributed by atoms with van der Waals surface area (Å²) in [6.45, 7) is 0.475. The van der Waals surface area contributed by atoms with Gasteiger partial charge in [-0.1, -0.05) is 5.10 Å². The van der Waals surface area contributed by atoms with Gasteiger partial charge in [-0.3, -0.25) is 4.79 Å². The minimum atomic E-state index is 0.0482. The van der Waals surface area contributed by atoms with Crippen LogP contribution in [0.2, 0.25) is 0 Å². The number of carbonyl (C=O) groups excluding carboxylic acids is 1. The van der Waals surface area contributed by atoms with Crippen LogP contribution in [0.3, 0.4) is 0 Å². The summed E-state index contributed by atoms with van der Waals surface area (Å²) in [4.78, 5) is 11.3. The van der Waals surface area contributed by atoms with Crippen LogP contribution >= 0.6 is 11.6 Å². The first-order valence-corrected chi connectivity index (χ1v) is 5.73. The van der Waals surface area contributed by atoms with E-state index in [2.05, 4.69) is 20.8 Å². The Morgan fingerprint density at radius 2 is 2.31 bits per heavy atom. The topological polar surface area (TPSA) is 80.1 Å². The molecule has 1 aromatic rings. The average Bonchev–Trinajstić information content (AvgIpc) is 2.96. The van der Waals surface area contributed by atoms with E-state index in [-0.39, 0.29) is 11.8 Å². The summed E-state index contributed by atoms with van der Waals surface area (Å²) >= 11 is 5.50. The SMILES string of the molecule is O=C(CCNc1nnc(CCl)o1)NC1CC1. The number of amides is 1. The molecule has 0 bridgehead atoms. The molecule has 0 radical (unpaired) electrons. The number of nitrogens with zero attached hydrogens (tertiary/aromatic N) is 2. The smallest absolute Gasteiger partial charge is 0.315 e. The lowest BCUT2D eigenvalue weighted by atomic mass is 10.4. The molecule has 88 valence electrons. The third kappa shape index (κ3) is 3.37. The van der Waals surface area contributed by atoms with E-state index in [1.807, 2.05) is 0 Å². The van der Waals surface area contributed by atoms with Crippen molar-refractivity contribution < 1.29 is 9.21 Å². The molecule has 1 aromatic heterocycles. The largest absolute Gasteiger partial charge is 0.407 e. The van der Waals surface area contributed by atoms with Gasteiger partial charge in [0.2, 0.25) is 11.8 Å².